The quantitative estimate of drug-likeness (QED) is 0.795. The van der Waals surface area contributed by atoms with Gasteiger partial charge in [-0.05, 0) is 38.6 Å². The summed E-state index contributed by atoms with van der Waals surface area (Å²) in [6.07, 6.45) is 0. The molecule has 0 fully saturated rings. The summed E-state index contributed by atoms with van der Waals surface area (Å²) in [7, 11) is 2.06. The normalized spacial score (nSPS) is 12.8. The number of likely N-dealkylation sites (N-methyl/N-ethyl adjacent to an activating group) is 1. The van der Waals surface area contributed by atoms with Crippen molar-refractivity contribution in [1.82, 2.24) is 4.90 Å². The van der Waals surface area contributed by atoms with Gasteiger partial charge in [-0.2, -0.15) is 0 Å². The molecule has 2 N–H and O–H groups in total. The third-order valence-electron chi connectivity index (χ3n) is 2.33. The largest absolute Gasteiger partial charge is 0.492 e. The van der Waals surface area contributed by atoms with E-state index in [9.17, 15) is 0 Å². The molecule has 3 heteroatoms. The van der Waals surface area contributed by atoms with Crippen LogP contribution < -0.4 is 10.5 Å². The Morgan fingerprint density at radius 3 is 2.81 bits per heavy atom. The van der Waals surface area contributed by atoms with Gasteiger partial charge in [0.25, 0.3) is 0 Å². The van der Waals surface area contributed by atoms with E-state index in [-0.39, 0.29) is 6.04 Å². The van der Waals surface area contributed by atoms with Crippen molar-refractivity contribution in [3.8, 4) is 5.75 Å². The number of benzene rings is 1. The molecule has 1 rings (SSSR count). The highest BCUT2D eigenvalue weighted by Gasteiger charge is 2.01. The second-order valence-electron chi connectivity index (χ2n) is 4.40. The van der Waals surface area contributed by atoms with Gasteiger partial charge in [-0.25, -0.2) is 0 Å². The van der Waals surface area contributed by atoms with Crippen molar-refractivity contribution in [1.29, 1.82) is 0 Å². The SMILES string of the molecule is Cc1cccc(OCCN(C)CC(C)N)c1. The Balaban J connectivity index is 2.25. The maximum absolute atomic E-state index is 5.71. The van der Waals surface area contributed by atoms with Gasteiger partial charge in [0.05, 0.1) is 0 Å². The van der Waals surface area contributed by atoms with Crippen LogP contribution in [-0.2, 0) is 0 Å². The van der Waals surface area contributed by atoms with E-state index in [0.29, 0.717) is 6.61 Å². The van der Waals surface area contributed by atoms with E-state index in [0.717, 1.165) is 18.8 Å². The first-order valence-corrected chi connectivity index (χ1v) is 5.71. The molecular formula is C13H22N2O. The summed E-state index contributed by atoms with van der Waals surface area (Å²) in [5.74, 6) is 0.939. The van der Waals surface area contributed by atoms with Crippen LogP contribution >= 0.6 is 0 Å². The van der Waals surface area contributed by atoms with Crippen molar-refractivity contribution >= 4 is 0 Å². The summed E-state index contributed by atoms with van der Waals surface area (Å²) in [5.41, 5.74) is 6.94. The van der Waals surface area contributed by atoms with Crippen LogP contribution in [0.1, 0.15) is 12.5 Å². The van der Waals surface area contributed by atoms with Crippen LogP contribution in [0.3, 0.4) is 0 Å². The van der Waals surface area contributed by atoms with Crippen LogP contribution in [0.25, 0.3) is 0 Å². The van der Waals surface area contributed by atoms with Crippen LogP contribution in [-0.4, -0.2) is 37.7 Å². The van der Waals surface area contributed by atoms with Crippen molar-refractivity contribution in [2.24, 2.45) is 5.73 Å². The molecule has 0 radical (unpaired) electrons. The summed E-state index contributed by atoms with van der Waals surface area (Å²) in [6.45, 7) is 6.58. The van der Waals surface area contributed by atoms with Gasteiger partial charge in [0.1, 0.15) is 12.4 Å². The van der Waals surface area contributed by atoms with Gasteiger partial charge < -0.3 is 15.4 Å². The first-order chi connectivity index (χ1) is 7.58. The highest BCUT2D eigenvalue weighted by atomic mass is 16.5. The van der Waals surface area contributed by atoms with Gasteiger partial charge in [-0.3, -0.25) is 0 Å². The van der Waals surface area contributed by atoms with Gasteiger partial charge in [-0.15, -0.1) is 0 Å². The molecule has 16 heavy (non-hydrogen) atoms. The Bertz CT molecular complexity index is 313. The zero-order chi connectivity index (χ0) is 12.0. The van der Waals surface area contributed by atoms with Gasteiger partial charge >= 0.3 is 0 Å². The summed E-state index contributed by atoms with van der Waals surface area (Å²) < 4.78 is 5.66. The second kappa shape index (κ2) is 6.51. The number of aryl methyl sites for hydroxylation is 1. The molecular weight excluding hydrogens is 200 g/mol. The number of hydrogen-bond acceptors (Lipinski definition) is 3. The number of nitrogens with two attached hydrogens (primary N) is 1. The first-order valence-electron chi connectivity index (χ1n) is 5.71. The van der Waals surface area contributed by atoms with Crippen LogP contribution in [0, 0.1) is 6.92 Å². The number of hydrogen-bond donors (Lipinski definition) is 1. The predicted octanol–water partition coefficient (Wildman–Crippen LogP) is 1.65. The first kappa shape index (κ1) is 13.0. The molecule has 0 aliphatic heterocycles. The standard InChI is InChI=1S/C13H22N2O/c1-11-5-4-6-13(9-11)16-8-7-15(3)10-12(2)14/h4-6,9,12H,7-8,10,14H2,1-3H3. The van der Waals surface area contributed by atoms with E-state index < -0.39 is 0 Å². The van der Waals surface area contributed by atoms with Crippen LogP contribution in [0.5, 0.6) is 5.75 Å². The van der Waals surface area contributed by atoms with Crippen LogP contribution in [0.4, 0.5) is 0 Å². The summed E-state index contributed by atoms with van der Waals surface area (Å²) >= 11 is 0. The highest BCUT2D eigenvalue weighted by molar-refractivity contribution is 5.27. The summed E-state index contributed by atoms with van der Waals surface area (Å²) in [5, 5.41) is 0. The monoisotopic (exact) mass is 222 g/mol. The lowest BCUT2D eigenvalue weighted by Gasteiger charge is -2.18. The average Bonchev–Trinajstić information content (AvgIpc) is 2.16. The highest BCUT2D eigenvalue weighted by Crippen LogP contribution is 2.11. The van der Waals surface area contributed by atoms with Gasteiger partial charge in [0.15, 0.2) is 0 Å². The minimum Gasteiger partial charge on any atom is -0.492 e. The minimum atomic E-state index is 0.212. The van der Waals surface area contributed by atoms with E-state index >= 15 is 0 Å². The molecule has 1 aromatic carbocycles. The Morgan fingerprint density at radius 1 is 1.44 bits per heavy atom. The van der Waals surface area contributed by atoms with Crippen LogP contribution in [0.15, 0.2) is 24.3 Å². The lowest BCUT2D eigenvalue weighted by Crippen LogP contribution is -2.35. The lowest BCUT2D eigenvalue weighted by molar-refractivity contribution is 0.231. The van der Waals surface area contributed by atoms with Crippen molar-refractivity contribution in [3.05, 3.63) is 29.8 Å². The van der Waals surface area contributed by atoms with Gasteiger partial charge in [0, 0.05) is 19.1 Å². The molecule has 0 amide bonds. The molecule has 0 saturated carbocycles. The molecule has 90 valence electrons. The lowest BCUT2D eigenvalue weighted by atomic mass is 10.2. The zero-order valence-electron chi connectivity index (χ0n) is 10.4. The van der Waals surface area contributed by atoms with E-state index in [4.69, 9.17) is 10.5 Å². The second-order valence-corrected chi connectivity index (χ2v) is 4.40. The topological polar surface area (TPSA) is 38.5 Å². The van der Waals surface area contributed by atoms with Crippen molar-refractivity contribution in [2.45, 2.75) is 19.9 Å². The summed E-state index contributed by atoms with van der Waals surface area (Å²) in [4.78, 5) is 2.18. The Kier molecular flexibility index (Phi) is 5.29. The van der Waals surface area contributed by atoms with E-state index in [2.05, 4.69) is 24.9 Å². The fourth-order valence-electron chi connectivity index (χ4n) is 1.61. The van der Waals surface area contributed by atoms with E-state index in [1.807, 2.05) is 25.1 Å². The minimum absolute atomic E-state index is 0.212. The van der Waals surface area contributed by atoms with Gasteiger partial charge in [0.2, 0.25) is 0 Å². The third kappa shape index (κ3) is 5.14. The molecule has 0 saturated heterocycles. The maximum atomic E-state index is 5.71. The van der Waals surface area contributed by atoms with Crippen molar-refractivity contribution < 1.29 is 4.74 Å². The number of nitrogens with zero attached hydrogens (tertiary/aromatic N) is 1. The molecule has 0 bridgehead atoms. The molecule has 3 nitrogen and oxygen atoms in total. The molecule has 0 aliphatic carbocycles. The smallest absolute Gasteiger partial charge is 0.119 e. The Morgan fingerprint density at radius 2 is 2.19 bits per heavy atom. The van der Waals surface area contributed by atoms with Crippen LogP contribution in [0.2, 0.25) is 0 Å². The maximum Gasteiger partial charge on any atom is 0.119 e. The zero-order valence-corrected chi connectivity index (χ0v) is 10.4. The molecule has 1 unspecified atom stereocenters. The molecule has 0 heterocycles. The van der Waals surface area contributed by atoms with Crippen molar-refractivity contribution in [3.63, 3.8) is 0 Å². The third-order valence-corrected chi connectivity index (χ3v) is 2.33. The number of rotatable bonds is 6. The molecule has 0 spiro atoms. The molecule has 0 aromatic heterocycles. The molecule has 1 aromatic rings. The Labute approximate surface area is 98.2 Å². The van der Waals surface area contributed by atoms with Crippen molar-refractivity contribution in [2.75, 3.05) is 26.7 Å². The fraction of sp³-hybridized carbons (Fsp3) is 0.538. The molecule has 1 atom stereocenters. The Hall–Kier alpha value is -1.06. The summed E-state index contributed by atoms with van der Waals surface area (Å²) in [6, 6.07) is 8.32. The number of ether oxygens (including phenoxy) is 1. The van der Waals surface area contributed by atoms with Gasteiger partial charge in [-0.1, -0.05) is 12.1 Å². The van der Waals surface area contributed by atoms with E-state index in [1.165, 1.54) is 5.56 Å². The molecule has 0 aliphatic rings. The fourth-order valence-corrected chi connectivity index (χ4v) is 1.61. The van der Waals surface area contributed by atoms with E-state index in [1.54, 1.807) is 0 Å². The average molecular weight is 222 g/mol. The predicted molar refractivity (Wildman–Crippen MR) is 67.8 cm³/mol.